The number of benzene rings is 1. The lowest BCUT2D eigenvalue weighted by Gasteiger charge is -2.03. The molecule has 0 spiro atoms. The van der Waals surface area contributed by atoms with E-state index in [4.69, 9.17) is 5.11 Å². The van der Waals surface area contributed by atoms with Crippen LogP contribution in [0.5, 0.6) is 0 Å². The van der Waals surface area contributed by atoms with Crippen LogP contribution in [0, 0.1) is 0 Å². The van der Waals surface area contributed by atoms with Crippen molar-refractivity contribution in [2.45, 2.75) is 72.1 Å². The van der Waals surface area contributed by atoms with E-state index in [9.17, 15) is 8.42 Å². The molecule has 0 saturated heterocycles. The van der Waals surface area contributed by atoms with Crippen molar-refractivity contribution in [3.05, 3.63) is 76.9 Å². The molecule has 0 heterocycles. The highest BCUT2D eigenvalue weighted by Gasteiger charge is 2.11. The van der Waals surface area contributed by atoms with Gasteiger partial charge in [-0.05, 0) is 79.4 Å². The summed E-state index contributed by atoms with van der Waals surface area (Å²) in [6, 6.07) is 8.60. The van der Waals surface area contributed by atoms with E-state index >= 15 is 0 Å². The van der Waals surface area contributed by atoms with Gasteiger partial charge in [0.05, 0.1) is 17.3 Å². The topological polar surface area (TPSA) is 54.4 Å². The SMILES string of the molecule is CC(C)=CCC/C(C)=C\CO.CC(C)=CCC/C(C)=C\CS(=O)(=O)c1ccccc1. The van der Waals surface area contributed by atoms with E-state index in [2.05, 4.69) is 46.8 Å². The lowest BCUT2D eigenvalue weighted by molar-refractivity contribution is 0.341. The first-order valence-corrected chi connectivity index (χ1v) is 12.2. The Kier molecular flexibility index (Phi) is 14.9. The molecule has 0 bridgehead atoms. The number of rotatable bonds is 10. The summed E-state index contributed by atoms with van der Waals surface area (Å²) in [6.07, 6.45) is 12.1. The number of sulfone groups is 1. The number of aliphatic hydroxyl groups excluding tert-OH is 1. The standard InChI is InChI=1S/C16H22O2S.C10H18O/c1-14(2)8-7-9-15(3)12-13-19(17,18)16-10-5-4-6-11-16;1-9(2)5-4-6-10(3)7-8-11/h4-6,8,10-12H,7,9,13H2,1-3H3;5,7,11H,4,6,8H2,1-3H3/b15-12-;10-7-. The van der Waals surface area contributed by atoms with Crippen LogP contribution in [0.2, 0.25) is 0 Å². The minimum atomic E-state index is -3.19. The molecule has 168 valence electrons. The second-order valence-electron chi connectivity index (χ2n) is 8.02. The minimum absolute atomic E-state index is 0.0810. The van der Waals surface area contributed by atoms with Gasteiger partial charge in [-0.15, -0.1) is 0 Å². The van der Waals surface area contributed by atoms with Crippen molar-refractivity contribution in [1.29, 1.82) is 0 Å². The van der Waals surface area contributed by atoms with E-state index in [0.29, 0.717) is 4.90 Å². The van der Waals surface area contributed by atoms with Crippen molar-refractivity contribution in [2.75, 3.05) is 12.4 Å². The van der Waals surface area contributed by atoms with Gasteiger partial charge in [0.25, 0.3) is 0 Å². The molecular formula is C26H40O3S. The number of aliphatic hydroxyl groups is 1. The van der Waals surface area contributed by atoms with Gasteiger partial charge in [-0.3, -0.25) is 0 Å². The fraction of sp³-hybridized carbons (Fsp3) is 0.462. The number of allylic oxidation sites excluding steroid dienone is 6. The third kappa shape index (κ3) is 15.0. The molecule has 0 radical (unpaired) electrons. The maximum atomic E-state index is 12.1. The summed E-state index contributed by atoms with van der Waals surface area (Å²) < 4.78 is 24.1. The van der Waals surface area contributed by atoms with Gasteiger partial charge in [0, 0.05) is 0 Å². The summed E-state index contributed by atoms with van der Waals surface area (Å²) in [4.78, 5) is 0.392. The Bertz CT molecular complexity index is 818. The molecule has 1 rings (SSSR count). The van der Waals surface area contributed by atoms with E-state index in [1.54, 1.807) is 24.3 Å². The summed E-state index contributed by atoms with van der Waals surface area (Å²) in [5.74, 6) is 0.0810. The minimum Gasteiger partial charge on any atom is -0.392 e. The first-order chi connectivity index (χ1) is 14.1. The Morgan fingerprint density at radius 1 is 0.767 bits per heavy atom. The molecule has 4 heteroatoms. The summed E-state index contributed by atoms with van der Waals surface area (Å²) >= 11 is 0. The van der Waals surface area contributed by atoms with Crippen LogP contribution in [0.1, 0.15) is 67.2 Å². The van der Waals surface area contributed by atoms with Crippen molar-refractivity contribution in [2.24, 2.45) is 0 Å². The molecular weight excluding hydrogens is 392 g/mol. The van der Waals surface area contributed by atoms with E-state index in [-0.39, 0.29) is 12.4 Å². The van der Waals surface area contributed by atoms with Gasteiger partial charge in [0.1, 0.15) is 0 Å². The summed E-state index contributed by atoms with van der Waals surface area (Å²) in [6.45, 7) is 12.5. The van der Waals surface area contributed by atoms with Crippen molar-refractivity contribution in [3.63, 3.8) is 0 Å². The van der Waals surface area contributed by atoms with Gasteiger partial charge in [0.2, 0.25) is 0 Å². The summed E-state index contributed by atoms with van der Waals surface area (Å²) in [7, 11) is -3.19. The average Bonchev–Trinajstić information content (AvgIpc) is 2.67. The smallest absolute Gasteiger partial charge is 0.181 e. The van der Waals surface area contributed by atoms with Crippen LogP contribution in [-0.2, 0) is 9.84 Å². The summed E-state index contributed by atoms with van der Waals surface area (Å²) in [5, 5.41) is 8.55. The Hall–Kier alpha value is -1.91. The zero-order chi connectivity index (χ0) is 23.0. The Labute approximate surface area is 184 Å². The molecule has 1 N–H and O–H groups in total. The molecule has 30 heavy (non-hydrogen) atoms. The third-order valence-electron chi connectivity index (χ3n) is 4.38. The molecule has 1 aromatic carbocycles. The molecule has 0 saturated carbocycles. The second-order valence-corrected chi connectivity index (χ2v) is 10.1. The molecule has 3 nitrogen and oxygen atoms in total. The molecule has 0 fully saturated rings. The van der Waals surface area contributed by atoms with Crippen LogP contribution < -0.4 is 0 Å². The lowest BCUT2D eigenvalue weighted by Crippen LogP contribution is -2.04. The molecule has 0 unspecified atom stereocenters. The molecule has 1 aromatic rings. The highest BCUT2D eigenvalue weighted by molar-refractivity contribution is 7.91. The average molecular weight is 433 g/mol. The zero-order valence-electron chi connectivity index (χ0n) is 19.6. The third-order valence-corrected chi connectivity index (χ3v) is 5.97. The van der Waals surface area contributed by atoms with Crippen LogP contribution in [0.4, 0.5) is 0 Å². The predicted octanol–water partition coefficient (Wildman–Crippen LogP) is 6.82. The highest BCUT2D eigenvalue weighted by Crippen LogP contribution is 2.13. The zero-order valence-corrected chi connectivity index (χ0v) is 20.4. The highest BCUT2D eigenvalue weighted by atomic mass is 32.2. The van der Waals surface area contributed by atoms with E-state index in [0.717, 1.165) is 31.3 Å². The maximum absolute atomic E-state index is 12.1. The van der Waals surface area contributed by atoms with Crippen LogP contribution in [0.15, 0.2) is 81.8 Å². The Morgan fingerprint density at radius 3 is 1.67 bits per heavy atom. The lowest BCUT2D eigenvalue weighted by atomic mass is 10.1. The molecule has 0 atom stereocenters. The Balaban J connectivity index is 0.000000654. The number of hydrogen-bond acceptors (Lipinski definition) is 3. The normalized spacial score (nSPS) is 12.0. The molecule has 0 aliphatic rings. The van der Waals surface area contributed by atoms with Gasteiger partial charge < -0.3 is 5.11 Å². The largest absolute Gasteiger partial charge is 0.392 e. The van der Waals surface area contributed by atoms with Crippen LogP contribution in [0.3, 0.4) is 0 Å². The van der Waals surface area contributed by atoms with E-state index in [1.807, 2.05) is 25.1 Å². The Morgan fingerprint density at radius 2 is 1.23 bits per heavy atom. The van der Waals surface area contributed by atoms with Gasteiger partial charge in [-0.1, -0.05) is 64.8 Å². The van der Waals surface area contributed by atoms with E-state index < -0.39 is 9.84 Å². The van der Waals surface area contributed by atoms with Crippen molar-refractivity contribution >= 4 is 9.84 Å². The first kappa shape index (κ1) is 28.1. The number of hydrogen-bond donors (Lipinski definition) is 1. The van der Waals surface area contributed by atoms with Crippen LogP contribution in [-0.4, -0.2) is 25.9 Å². The quantitative estimate of drug-likeness (QED) is 0.412. The van der Waals surface area contributed by atoms with Crippen molar-refractivity contribution in [3.8, 4) is 0 Å². The van der Waals surface area contributed by atoms with Crippen molar-refractivity contribution < 1.29 is 13.5 Å². The van der Waals surface area contributed by atoms with Gasteiger partial charge >= 0.3 is 0 Å². The maximum Gasteiger partial charge on any atom is 0.181 e. The van der Waals surface area contributed by atoms with Crippen molar-refractivity contribution in [1.82, 2.24) is 0 Å². The monoisotopic (exact) mass is 432 g/mol. The second kappa shape index (κ2) is 15.9. The van der Waals surface area contributed by atoms with E-state index in [1.165, 1.54) is 16.7 Å². The molecule has 0 amide bonds. The van der Waals surface area contributed by atoms with Crippen LogP contribution >= 0.6 is 0 Å². The molecule has 0 aromatic heterocycles. The first-order valence-electron chi connectivity index (χ1n) is 10.5. The fourth-order valence-electron chi connectivity index (χ4n) is 2.51. The van der Waals surface area contributed by atoms with Gasteiger partial charge in [-0.25, -0.2) is 8.42 Å². The summed E-state index contributed by atoms with van der Waals surface area (Å²) in [5.41, 5.74) is 5.05. The van der Waals surface area contributed by atoms with Gasteiger partial charge in [-0.2, -0.15) is 0 Å². The predicted molar refractivity (Wildman–Crippen MR) is 130 cm³/mol. The van der Waals surface area contributed by atoms with Crippen LogP contribution in [0.25, 0.3) is 0 Å². The fourth-order valence-corrected chi connectivity index (χ4v) is 3.78. The van der Waals surface area contributed by atoms with Gasteiger partial charge in [0.15, 0.2) is 9.84 Å². The molecule has 0 aliphatic carbocycles. The molecule has 0 aliphatic heterocycles.